The third kappa shape index (κ3) is 8.13. The van der Waals surface area contributed by atoms with Gasteiger partial charge in [-0.15, -0.1) is 24.0 Å². The zero-order chi connectivity index (χ0) is 12.5. The fourth-order valence-electron chi connectivity index (χ4n) is 1.73. The van der Waals surface area contributed by atoms with Gasteiger partial charge in [-0.3, -0.25) is 4.99 Å². The van der Waals surface area contributed by atoms with E-state index in [4.69, 9.17) is 0 Å². The minimum absolute atomic E-state index is 0. The van der Waals surface area contributed by atoms with E-state index in [-0.39, 0.29) is 24.0 Å². The summed E-state index contributed by atoms with van der Waals surface area (Å²) in [6, 6.07) is 0. The zero-order valence-corrected chi connectivity index (χ0v) is 14.4. The molecule has 108 valence electrons. The van der Waals surface area contributed by atoms with Crippen LogP contribution in [0.4, 0.5) is 0 Å². The molecule has 0 bridgehead atoms. The number of aliphatic imine (C=N–C) groups is 1. The van der Waals surface area contributed by atoms with E-state index in [0.717, 1.165) is 51.1 Å². The first-order valence-electron chi connectivity index (χ1n) is 7.04. The van der Waals surface area contributed by atoms with Crippen molar-refractivity contribution < 1.29 is 0 Å². The third-order valence-electron chi connectivity index (χ3n) is 3.16. The summed E-state index contributed by atoms with van der Waals surface area (Å²) >= 11 is 0. The van der Waals surface area contributed by atoms with E-state index in [2.05, 4.69) is 41.3 Å². The quantitative estimate of drug-likeness (QED) is 0.391. The van der Waals surface area contributed by atoms with Gasteiger partial charge in [0.1, 0.15) is 0 Å². The van der Waals surface area contributed by atoms with Crippen LogP contribution < -0.4 is 10.6 Å². The Morgan fingerprint density at radius 3 is 2.33 bits per heavy atom. The average molecular weight is 368 g/mol. The van der Waals surface area contributed by atoms with Gasteiger partial charge in [-0.25, -0.2) is 0 Å². The lowest BCUT2D eigenvalue weighted by molar-refractivity contribution is 0.308. The predicted octanol–water partition coefficient (Wildman–Crippen LogP) is 1.91. The van der Waals surface area contributed by atoms with Gasteiger partial charge in [0, 0.05) is 26.2 Å². The molecule has 1 rings (SSSR count). The summed E-state index contributed by atoms with van der Waals surface area (Å²) in [5.74, 6) is 1.83. The fraction of sp³-hybridized carbons (Fsp3) is 0.923. The average Bonchev–Trinajstić information content (AvgIpc) is 3.15. The molecule has 0 aromatic heterocycles. The summed E-state index contributed by atoms with van der Waals surface area (Å²) < 4.78 is 0. The van der Waals surface area contributed by atoms with Crippen LogP contribution in [0.1, 0.15) is 33.6 Å². The van der Waals surface area contributed by atoms with Gasteiger partial charge in [-0.2, -0.15) is 0 Å². The van der Waals surface area contributed by atoms with E-state index in [1.165, 1.54) is 12.8 Å². The van der Waals surface area contributed by atoms with Crippen LogP contribution in [0.3, 0.4) is 0 Å². The van der Waals surface area contributed by atoms with Gasteiger partial charge in [0.2, 0.25) is 0 Å². The number of rotatable bonds is 8. The molecule has 1 aliphatic carbocycles. The largest absolute Gasteiger partial charge is 0.357 e. The Balaban J connectivity index is 0.00000289. The highest BCUT2D eigenvalue weighted by atomic mass is 127. The molecular formula is C13H29IN4. The molecule has 0 aromatic carbocycles. The van der Waals surface area contributed by atoms with Crippen LogP contribution in [0.2, 0.25) is 0 Å². The van der Waals surface area contributed by atoms with E-state index in [9.17, 15) is 0 Å². The highest BCUT2D eigenvalue weighted by molar-refractivity contribution is 14.0. The van der Waals surface area contributed by atoms with Gasteiger partial charge in [-0.05, 0) is 38.8 Å². The van der Waals surface area contributed by atoms with Gasteiger partial charge < -0.3 is 15.5 Å². The summed E-state index contributed by atoms with van der Waals surface area (Å²) in [5.41, 5.74) is 0. The summed E-state index contributed by atoms with van der Waals surface area (Å²) in [4.78, 5) is 7.01. The van der Waals surface area contributed by atoms with Gasteiger partial charge in [0.15, 0.2) is 5.96 Å². The van der Waals surface area contributed by atoms with Crippen LogP contribution >= 0.6 is 24.0 Å². The minimum Gasteiger partial charge on any atom is -0.357 e. The predicted molar refractivity (Wildman–Crippen MR) is 89.9 cm³/mol. The topological polar surface area (TPSA) is 39.7 Å². The number of nitrogens with zero attached hydrogens (tertiary/aromatic N) is 2. The molecule has 18 heavy (non-hydrogen) atoms. The Morgan fingerprint density at radius 2 is 1.83 bits per heavy atom. The molecule has 5 heteroatoms. The lowest BCUT2D eigenvalue weighted by Gasteiger charge is -2.19. The number of guanidine groups is 1. The molecule has 1 fully saturated rings. The fourth-order valence-corrected chi connectivity index (χ4v) is 1.73. The minimum atomic E-state index is 0. The molecule has 0 unspecified atom stereocenters. The second kappa shape index (κ2) is 10.8. The summed E-state index contributed by atoms with van der Waals surface area (Å²) in [7, 11) is 0. The molecule has 2 N–H and O–H groups in total. The molecule has 0 amide bonds. The van der Waals surface area contributed by atoms with Crippen molar-refractivity contribution in [3.05, 3.63) is 0 Å². The molecular weight excluding hydrogens is 339 g/mol. The van der Waals surface area contributed by atoms with Crippen LogP contribution in [0.25, 0.3) is 0 Å². The van der Waals surface area contributed by atoms with E-state index in [1.807, 2.05) is 0 Å². The Hall–Kier alpha value is -0.0400. The molecule has 0 heterocycles. The molecule has 0 saturated heterocycles. The molecule has 4 nitrogen and oxygen atoms in total. The van der Waals surface area contributed by atoms with Crippen LogP contribution in [0.5, 0.6) is 0 Å². The van der Waals surface area contributed by atoms with Crippen molar-refractivity contribution in [3.63, 3.8) is 0 Å². The first-order valence-corrected chi connectivity index (χ1v) is 7.04. The zero-order valence-electron chi connectivity index (χ0n) is 12.0. The van der Waals surface area contributed by atoms with Crippen molar-refractivity contribution >= 4 is 29.9 Å². The van der Waals surface area contributed by atoms with Gasteiger partial charge in [0.05, 0.1) is 0 Å². The second-order valence-electron chi connectivity index (χ2n) is 4.62. The Kier molecular flexibility index (Phi) is 10.8. The lowest BCUT2D eigenvalue weighted by atomic mass is 10.4. The molecule has 1 aliphatic rings. The first kappa shape index (κ1) is 18.0. The van der Waals surface area contributed by atoms with Crippen molar-refractivity contribution in [2.75, 3.05) is 39.3 Å². The van der Waals surface area contributed by atoms with E-state index >= 15 is 0 Å². The van der Waals surface area contributed by atoms with Crippen molar-refractivity contribution in [3.8, 4) is 0 Å². The van der Waals surface area contributed by atoms with E-state index in [1.54, 1.807) is 0 Å². The molecule has 0 atom stereocenters. The number of nitrogens with one attached hydrogen (secondary N) is 2. The molecule has 0 aromatic rings. The first-order chi connectivity index (χ1) is 8.30. The second-order valence-corrected chi connectivity index (χ2v) is 4.62. The summed E-state index contributed by atoms with van der Waals surface area (Å²) in [6.07, 6.45) is 2.73. The van der Waals surface area contributed by atoms with Crippen LogP contribution in [0, 0.1) is 5.92 Å². The lowest BCUT2D eigenvalue weighted by Crippen LogP contribution is -2.41. The molecule has 0 aliphatic heterocycles. The van der Waals surface area contributed by atoms with Crippen molar-refractivity contribution in [2.45, 2.75) is 33.6 Å². The van der Waals surface area contributed by atoms with Crippen LogP contribution in [-0.4, -0.2) is 50.1 Å². The number of likely N-dealkylation sites (N-methyl/N-ethyl adjacent to an activating group) is 1. The number of halogens is 1. The maximum Gasteiger partial charge on any atom is 0.191 e. The van der Waals surface area contributed by atoms with Crippen molar-refractivity contribution in [1.82, 2.24) is 15.5 Å². The van der Waals surface area contributed by atoms with Gasteiger partial charge >= 0.3 is 0 Å². The molecule has 1 saturated carbocycles. The highest BCUT2D eigenvalue weighted by Gasteiger charge is 2.20. The number of hydrogen-bond donors (Lipinski definition) is 2. The normalized spacial score (nSPS) is 15.4. The third-order valence-corrected chi connectivity index (χ3v) is 3.16. The van der Waals surface area contributed by atoms with Crippen LogP contribution in [-0.2, 0) is 0 Å². The maximum absolute atomic E-state index is 4.60. The van der Waals surface area contributed by atoms with Gasteiger partial charge in [-0.1, -0.05) is 13.8 Å². The van der Waals surface area contributed by atoms with E-state index < -0.39 is 0 Å². The highest BCUT2D eigenvalue weighted by Crippen LogP contribution is 2.28. The standard InChI is InChI=1S/C13H28N4.HI/c1-4-14-13(16-11-12-7-8-12)15-9-10-17(5-2)6-3;/h12H,4-11H2,1-3H3,(H2,14,15,16);1H. The van der Waals surface area contributed by atoms with Gasteiger partial charge in [0.25, 0.3) is 0 Å². The Bertz CT molecular complexity index is 225. The van der Waals surface area contributed by atoms with Crippen LogP contribution in [0.15, 0.2) is 4.99 Å². The van der Waals surface area contributed by atoms with Crippen molar-refractivity contribution in [2.24, 2.45) is 10.9 Å². The van der Waals surface area contributed by atoms with E-state index in [0.29, 0.717) is 0 Å². The Morgan fingerprint density at radius 1 is 1.17 bits per heavy atom. The molecule has 0 radical (unpaired) electrons. The monoisotopic (exact) mass is 368 g/mol. The Labute approximate surface area is 129 Å². The van der Waals surface area contributed by atoms with Crippen molar-refractivity contribution in [1.29, 1.82) is 0 Å². The SMILES string of the molecule is CCNC(=NCC1CC1)NCCN(CC)CC.I. The smallest absolute Gasteiger partial charge is 0.191 e. The molecule has 0 spiro atoms. The summed E-state index contributed by atoms with van der Waals surface area (Å²) in [5, 5.41) is 6.70. The number of hydrogen-bond acceptors (Lipinski definition) is 2. The maximum atomic E-state index is 4.60. The summed E-state index contributed by atoms with van der Waals surface area (Å²) in [6.45, 7) is 12.7.